The van der Waals surface area contributed by atoms with Gasteiger partial charge in [0.15, 0.2) is 11.6 Å². The Morgan fingerprint density at radius 1 is 0.690 bits per heavy atom. The van der Waals surface area contributed by atoms with Crippen LogP contribution < -0.4 is 10.6 Å². The van der Waals surface area contributed by atoms with Crippen molar-refractivity contribution in [1.82, 2.24) is 10.6 Å². The molecule has 0 fully saturated rings. The first-order chi connectivity index (χ1) is 13.9. The summed E-state index contributed by atoms with van der Waals surface area (Å²) in [6.07, 6.45) is 1.49. The monoisotopic (exact) mass is 416 g/mol. The second kappa shape index (κ2) is 16.8. The van der Waals surface area contributed by atoms with E-state index >= 15 is 0 Å². The molecule has 0 rings (SSSR count). The van der Waals surface area contributed by atoms with Crippen LogP contribution in [-0.4, -0.2) is 62.3 Å². The van der Waals surface area contributed by atoms with Gasteiger partial charge in [0, 0.05) is 26.1 Å². The molecular formula is C20H36N2O7. The molecule has 0 bridgehead atoms. The number of ether oxygens (including phenoxy) is 3. The lowest BCUT2D eigenvalue weighted by atomic mass is 10.1. The molecule has 0 saturated heterocycles. The number of nitrogens with one attached hydrogen (secondary N) is 2. The first-order valence-corrected chi connectivity index (χ1v) is 10.4. The maximum atomic E-state index is 12.1. The van der Waals surface area contributed by atoms with Gasteiger partial charge in [-0.25, -0.2) is 9.59 Å². The average molecular weight is 417 g/mol. The molecule has 168 valence electrons. The zero-order valence-electron chi connectivity index (χ0n) is 18.1. The molecule has 0 saturated carbocycles. The molecule has 0 aliphatic heterocycles. The Morgan fingerprint density at radius 3 is 1.38 bits per heavy atom. The first kappa shape index (κ1) is 26.8. The Labute approximate surface area is 173 Å². The van der Waals surface area contributed by atoms with Crippen molar-refractivity contribution in [3.63, 3.8) is 0 Å². The summed E-state index contributed by atoms with van der Waals surface area (Å²) in [6.45, 7) is 8.35. The number of ketones is 2. The van der Waals surface area contributed by atoms with E-state index in [4.69, 9.17) is 14.2 Å². The second-order valence-electron chi connectivity index (χ2n) is 6.40. The minimum atomic E-state index is -0.587. The number of carbonyl (C=O) groups excluding carboxylic acids is 4. The molecule has 0 aliphatic rings. The van der Waals surface area contributed by atoms with Crippen LogP contribution in [0.2, 0.25) is 0 Å². The molecule has 0 radical (unpaired) electrons. The van der Waals surface area contributed by atoms with Crippen molar-refractivity contribution < 1.29 is 33.4 Å². The highest BCUT2D eigenvalue weighted by molar-refractivity contribution is 5.87. The molecule has 0 spiro atoms. The van der Waals surface area contributed by atoms with Crippen molar-refractivity contribution in [1.29, 1.82) is 0 Å². The molecule has 9 nitrogen and oxygen atoms in total. The fourth-order valence-electron chi connectivity index (χ4n) is 2.60. The van der Waals surface area contributed by atoms with Crippen LogP contribution in [-0.2, 0) is 23.8 Å². The van der Waals surface area contributed by atoms with Crippen molar-refractivity contribution in [2.75, 3.05) is 26.4 Å². The van der Waals surface area contributed by atoms with Gasteiger partial charge in [-0.3, -0.25) is 9.59 Å². The Bertz CT molecular complexity index is 467. The molecule has 2 N–H and O–H groups in total. The Kier molecular flexibility index (Phi) is 15.5. The molecular weight excluding hydrogens is 380 g/mol. The molecule has 0 aromatic carbocycles. The van der Waals surface area contributed by atoms with E-state index in [9.17, 15) is 19.2 Å². The van der Waals surface area contributed by atoms with E-state index < -0.39 is 24.3 Å². The first-order valence-electron chi connectivity index (χ1n) is 10.4. The van der Waals surface area contributed by atoms with Gasteiger partial charge >= 0.3 is 12.2 Å². The minimum Gasteiger partial charge on any atom is -0.450 e. The van der Waals surface area contributed by atoms with E-state index in [1.807, 2.05) is 13.8 Å². The normalized spacial score (nSPS) is 12.6. The molecule has 9 heteroatoms. The fraction of sp³-hybridized carbons (Fsp3) is 0.800. The van der Waals surface area contributed by atoms with Crippen LogP contribution in [0.4, 0.5) is 9.59 Å². The highest BCUT2D eigenvalue weighted by Crippen LogP contribution is 2.04. The summed E-state index contributed by atoms with van der Waals surface area (Å²) in [5.74, 6) is -0.120. The van der Waals surface area contributed by atoms with Crippen molar-refractivity contribution in [2.45, 2.75) is 78.3 Å². The van der Waals surface area contributed by atoms with Crippen LogP contribution in [0.15, 0.2) is 0 Å². The maximum Gasteiger partial charge on any atom is 0.407 e. The summed E-state index contributed by atoms with van der Waals surface area (Å²) in [6, 6.07) is -1.10. The van der Waals surface area contributed by atoms with E-state index in [1.54, 1.807) is 13.8 Å². The number of carbonyl (C=O) groups is 4. The van der Waals surface area contributed by atoms with Gasteiger partial charge in [-0.15, -0.1) is 0 Å². The molecule has 0 aromatic heterocycles. The van der Waals surface area contributed by atoms with Crippen molar-refractivity contribution in [2.24, 2.45) is 0 Å². The summed E-state index contributed by atoms with van der Waals surface area (Å²) in [4.78, 5) is 47.1. The third-order valence-electron chi connectivity index (χ3n) is 4.15. The van der Waals surface area contributed by atoms with Crippen molar-refractivity contribution in [3.05, 3.63) is 0 Å². The number of Topliss-reactive ketones (excluding diaryl/α,β-unsaturated/α-hetero) is 2. The third kappa shape index (κ3) is 12.8. The summed E-state index contributed by atoms with van der Waals surface area (Å²) in [5, 5.41) is 5.10. The topological polar surface area (TPSA) is 120 Å². The van der Waals surface area contributed by atoms with Crippen LogP contribution in [0.5, 0.6) is 0 Å². The van der Waals surface area contributed by atoms with Crippen molar-refractivity contribution >= 4 is 23.8 Å². The predicted molar refractivity (Wildman–Crippen MR) is 108 cm³/mol. The number of hydrogen-bond donors (Lipinski definition) is 2. The van der Waals surface area contributed by atoms with Crippen LogP contribution in [0.1, 0.15) is 66.2 Å². The van der Waals surface area contributed by atoms with Gasteiger partial charge in [0.1, 0.15) is 0 Å². The van der Waals surface area contributed by atoms with Gasteiger partial charge in [-0.2, -0.15) is 0 Å². The number of amides is 2. The zero-order valence-corrected chi connectivity index (χ0v) is 18.1. The largest absolute Gasteiger partial charge is 0.450 e. The Hall–Kier alpha value is -2.16. The lowest BCUT2D eigenvalue weighted by molar-refractivity contribution is -0.121. The molecule has 2 amide bonds. The van der Waals surface area contributed by atoms with E-state index in [0.29, 0.717) is 51.7 Å². The van der Waals surface area contributed by atoms with Gasteiger partial charge in [0.25, 0.3) is 0 Å². The summed E-state index contributed by atoms with van der Waals surface area (Å²) < 4.78 is 15.0. The molecule has 2 unspecified atom stereocenters. The van der Waals surface area contributed by atoms with Gasteiger partial charge in [0.05, 0.1) is 25.3 Å². The molecule has 0 aliphatic carbocycles. The average Bonchev–Trinajstić information content (AvgIpc) is 2.69. The second-order valence-corrected chi connectivity index (χ2v) is 6.40. The van der Waals surface area contributed by atoms with Crippen LogP contribution in [0, 0.1) is 0 Å². The van der Waals surface area contributed by atoms with E-state index in [0.717, 1.165) is 0 Å². The molecule has 0 aromatic rings. The van der Waals surface area contributed by atoms with Crippen LogP contribution in [0.25, 0.3) is 0 Å². The summed E-state index contributed by atoms with van der Waals surface area (Å²) >= 11 is 0. The van der Waals surface area contributed by atoms with Gasteiger partial charge in [-0.05, 0) is 39.5 Å². The van der Waals surface area contributed by atoms with Gasteiger partial charge in [-0.1, -0.05) is 13.8 Å². The SMILES string of the molecule is CCOC(=O)NC(CC)C(=O)CCCOCCCC(=O)C(CC)NC(=O)OCC. The van der Waals surface area contributed by atoms with Crippen LogP contribution in [0.3, 0.4) is 0 Å². The lowest BCUT2D eigenvalue weighted by Gasteiger charge is -2.16. The van der Waals surface area contributed by atoms with Crippen LogP contribution >= 0.6 is 0 Å². The Balaban J connectivity index is 3.95. The molecule has 0 heterocycles. The highest BCUT2D eigenvalue weighted by atomic mass is 16.6. The maximum absolute atomic E-state index is 12.1. The summed E-state index contributed by atoms with van der Waals surface area (Å²) in [7, 11) is 0. The predicted octanol–water partition coefficient (Wildman–Crippen LogP) is 2.75. The quantitative estimate of drug-likeness (QED) is 0.371. The lowest BCUT2D eigenvalue weighted by Crippen LogP contribution is -2.40. The fourth-order valence-corrected chi connectivity index (χ4v) is 2.60. The Morgan fingerprint density at radius 2 is 1.07 bits per heavy atom. The number of rotatable bonds is 16. The van der Waals surface area contributed by atoms with Gasteiger partial charge in [0.2, 0.25) is 0 Å². The van der Waals surface area contributed by atoms with E-state index in [1.165, 1.54) is 0 Å². The molecule has 2 atom stereocenters. The standard InChI is InChI=1S/C20H36N2O7/c1-5-15(21-19(25)28-7-3)17(23)11-9-13-27-14-10-12-18(24)16(6-2)22-20(26)29-8-4/h15-16H,5-14H2,1-4H3,(H,21,25)(H,22,26). The minimum absolute atomic E-state index is 0.0600. The van der Waals surface area contributed by atoms with Gasteiger partial charge < -0.3 is 24.8 Å². The zero-order chi connectivity index (χ0) is 22.1. The van der Waals surface area contributed by atoms with Crippen molar-refractivity contribution in [3.8, 4) is 0 Å². The van der Waals surface area contributed by atoms with E-state index in [-0.39, 0.29) is 24.8 Å². The third-order valence-corrected chi connectivity index (χ3v) is 4.15. The highest BCUT2D eigenvalue weighted by Gasteiger charge is 2.20. The van der Waals surface area contributed by atoms with E-state index in [2.05, 4.69) is 10.6 Å². The number of hydrogen-bond acceptors (Lipinski definition) is 7. The smallest absolute Gasteiger partial charge is 0.407 e. The molecule has 29 heavy (non-hydrogen) atoms. The number of alkyl carbamates (subject to hydrolysis) is 2. The summed E-state index contributed by atoms with van der Waals surface area (Å²) in [5.41, 5.74) is 0.